The van der Waals surface area contributed by atoms with Crippen LogP contribution in [0, 0.1) is 11.3 Å². The Morgan fingerprint density at radius 1 is 1.12 bits per heavy atom. The number of fused-ring (bicyclic) bond motifs is 3. The number of aromatic nitrogens is 4. The Bertz CT molecular complexity index is 1370. The summed E-state index contributed by atoms with van der Waals surface area (Å²) < 4.78 is 3.51. The standard InChI is InChI=1S/C24H24N6O2S/c1-2-3-15-29-22(32)19-12-7-8-13-20(19)30-23(29)26-27-24(30)33-17-21(31)28(16-9-14-25)18-10-5-4-6-11-18/h4-8,10-13H,2-3,9,15-17H2,1H3. The van der Waals surface area contributed by atoms with Crippen molar-refractivity contribution in [1.82, 2.24) is 19.2 Å². The van der Waals surface area contributed by atoms with Crippen molar-refractivity contribution in [2.45, 2.75) is 37.9 Å². The third-order valence-corrected chi connectivity index (χ3v) is 6.27. The predicted molar refractivity (Wildman–Crippen MR) is 129 cm³/mol. The van der Waals surface area contributed by atoms with Crippen molar-refractivity contribution >= 4 is 40.0 Å². The number of anilines is 1. The molecular formula is C24H24N6O2S. The number of nitriles is 1. The fraction of sp³-hybridized carbons (Fsp3) is 0.292. The molecule has 0 fully saturated rings. The van der Waals surface area contributed by atoms with Crippen LogP contribution in [0.25, 0.3) is 16.7 Å². The molecule has 0 aliphatic carbocycles. The molecule has 9 heteroatoms. The fourth-order valence-corrected chi connectivity index (χ4v) is 4.53. The van der Waals surface area contributed by atoms with Gasteiger partial charge in [-0.2, -0.15) is 5.26 Å². The maximum atomic E-state index is 13.1. The average Bonchev–Trinajstić information content (AvgIpc) is 3.27. The van der Waals surface area contributed by atoms with Crippen LogP contribution >= 0.6 is 11.8 Å². The topological polar surface area (TPSA) is 96.3 Å². The number of thioether (sulfide) groups is 1. The Labute approximate surface area is 195 Å². The number of aryl methyl sites for hydroxylation is 1. The second kappa shape index (κ2) is 10.3. The van der Waals surface area contributed by atoms with Gasteiger partial charge in [-0.15, -0.1) is 10.2 Å². The predicted octanol–water partition coefficient (Wildman–Crippen LogP) is 3.88. The van der Waals surface area contributed by atoms with Crippen LogP contribution in [0.5, 0.6) is 0 Å². The minimum Gasteiger partial charge on any atom is -0.311 e. The SMILES string of the molecule is CCCCn1c(=O)c2ccccc2n2c(SCC(=O)N(CCC#N)c3ccccc3)nnc12. The lowest BCUT2D eigenvalue weighted by molar-refractivity contribution is -0.116. The molecule has 1 amide bonds. The highest BCUT2D eigenvalue weighted by molar-refractivity contribution is 7.99. The van der Waals surface area contributed by atoms with Gasteiger partial charge in [-0.3, -0.25) is 18.6 Å². The maximum absolute atomic E-state index is 13.1. The summed E-state index contributed by atoms with van der Waals surface area (Å²) in [4.78, 5) is 27.8. The van der Waals surface area contributed by atoms with Crippen molar-refractivity contribution in [2.75, 3.05) is 17.2 Å². The van der Waals surface area contributed by atoms with Gasteiger partial charge in [0.25, 0.3) is 5.56 Å². The van der Waals surface area contributed by atoms with Crippen LogP contribution in [-0.4, -0.2) is 37.4 Å². The van der Waals surface area contributed by atoms with Gasteiger partial charge in [0.1, 0.15) is 0 Å². The first-order valence-corrected chi connectivity index (χ1v) is 11.9. The van der Waals surface area contributed by atoms with Crippen molar-refractivity contribution < 1.29 is 4.79 Å². The Morgan fingerprint density at radius 2 is 1.88 bits per heavy atom. The molecule has 2 heterocycles. The molecule has 0 saturated carbocycles. The number of hydrogen-bond acceptors (Lipinski definition) is 6. The normalized spacial score (nSPS) is 11.0. The van der Waals surface area contributed by atoms with E-state index in [1.165, 1.54) is 11.8 Å². The molecule has 0 bridgehead atoms. The van der Waals surface area contributed by atoms with Crippen LogP contribution in [0.15, 0.2) is 64.5 Å². The molecule has 0 aliphatic rings. The summed E-state index contributed by atoms with van der Waals surface area (Å²) in [5, 5.41) is 18.8. The first-order valence-electron chi connectivity index (χ1n) is 10.9. The van der Waals surface area contributed by atoms with E-state index in [2.05, 4.69) is 23.2 Å². The largest absolute Gasteiger partial charge is 0.311 e. The van der Waals surface area contributed by atoms with Gasteiger partial charge < -0.3 is 4.90 Å². The zero-order chi connectivity index (χ0) is 23.2. The van der Waals surface area contributed by atoms with Gasteiger partial charge >= 0.3 is 0 Å². The minimum atomic E-state index is -0.123. The van der Waals surface area contributed by atoms with Crippen LogP contribution in [0.4, 0.5) is 5.69 Å². The van der Waals surface area contributed by atoms with Crippen molar-refractivity contribution in [1.29, 1.82) is 5.26 Å². The smallest absolute Gasteiger partial charge is 0.262 e. The summed E-state index contributed by atoms with van der Waals surface area (Å²) in [5.41, 5.74) is 1.39. The minimum absolute atomic E-state index is 0.0849. The van der Waals surface area contributed by atoms with E-state index in [-0.39, 0.29) is 23.6 Å². The number of carbonyl (C=O) groups excluding carboxylic acids is 1. The lowest BCUT2D eigenvalue weighted by Gasteiger charge is -2.21. The van der Waals surface area contributed by atoms with E-state index in [1.54, 1.807) is 15.5 Å². The highest BCUT2D eigenvalue weighted by Gasteiger charge is 2.20. The summed E-state index contributed by atoms with van der Waals surface area (Å²) in [6.07, 6.45) is 2.05. The molecule has 0 N–H and O–H groups in total. The number of rotatable bonds is 9. The van der Waals surface area contributed by atoms with Crippen molar-refractivity contribution in [3.63, 3.8) is 0 Å². The molecule has 168 valence electrons. The van der Waals surface area contributed by atoms with Gasteiger partial charge in [-0.05, 0) is 30.7 Å². The van der Waals surface area contributed by atoms with E-state index in [0.29, 0.717) is 29.4 Å². The third kappa shape index (κ3) is 4.61. The second-order valence-electron chi connectivity index (χ2n) is 7.52. The van der Waals surface area contributed by atoms with Gasteiger partial charge in [0.15, 0.2) is 5.16 Å². The molecule has 0 radical (unpaired) electrons. The first-order chi connectivity index (χ1) is 16.2. The van der Waals surface area contributed by atoms with E-state index in [9.17, 15) is 9.59 Å². The number of unbranched alkanes of at least 4 members (excludes halogenated alkanes) is 1. The molecule has 0 spiro atoms. The van der Waals surface area contributed by atoms with Gasteiger partial charge in [0.2, 0.25) is 11.7 Å². The van der Waals surface area contributed by atoms with E-state index >= 15 is 0 Å². The second-order valence-corrected chi connectivity index (χ2v) is 8.47. The zero-order valence-electron chi connectivity index (χ0n) is 18.3. The van der Waals surface area contributed by atoms with Crippen LogP contribution in [0.3, 0.4) is 0 Å². The molecule has 2 aromatic carbocycles. The summed E-state index contributed by atoms with van der Waals surface area (Å²) in [5.74, 6) is 0.483. The summed E-state index contributed by atoms with van der Waals surface area (Å²) in [6.45, 7) is 2.95. The number of hydrogen-bond donors (Lipinski definition) is 0. The van der Waals surface area contributed by atoms with Crippen molar-refractivity contribution in [3.8, 4) is 6.07 Å². The molecule has 4 rings (SSSR count). The number of carbonyl (C=O) groups is 1. The molecule has 0 aliphatic heterocycles. The first kappa shape index (κ1) is 22.6. The van der Waals surface area contributed by atoms with E-state index < -0.39 is 0 Å². The summed E-state index contributed by atoms with van der Waals surface area (Å²) in [7, 11) is 0. The Hall–Kier alpha value is -3.64. The molecule has 33 heavy (non-hydrogen) atoms. The fourth-order valence-electron chi connectivity index (χ4n) is 3.72. The lowest BCUT2D eigenvalue weighted by atomic mass is 10.2. The molecule has 8 nitrogen and oxygen atoms in total. The highest BCUT2D eigenvalue weighted by Crippen LogP contribution is 2.23. The number of benzene rings is 2. The molecule has 0 saturated heterocycles. The van der Waals surface area contributed by atoms with Crippen LogP contribution in [-0.2, 0) is 11.3 Å². The van der Waals surface area contributed by atoms with Gasteiger partial charge in [-0.1, -0.05) is 55.4 Å². The van der Waals surface area contributed by atoms with E-state index in [0.717, 1.165) is 24.0 Å². The zero-order valence-corrected chi connectivity index (χ0v) is 19.2. The van der Waals surface area contributed by atoms with Crippen molar-refractivity contribution in [2.24, 2.45) is 0 Å². The summed E-state index contributed by atoms with van der Waals surface area (Å²) >= 11 is 1.27. The number of para-hydroxylation sites is 2. The molecule has 0 atom stereocenters. The Kier molecular flexibility index (Phi) is 7.05. The molecular weight excluding hydrogens is 436 g/mol. The van der Waals surface area contributed by atoms with E-state index in [1.807, 2.05) is 52.9 Å². The highest BCUT2D eigenvalue weighted by atomic mass is 32.2. The molecule has 0 unspecified atom stereocenters. The molecule has 4 aromatic rings. The lowest BCUT2D eigenvalue weighted by Crippen LogP contribution is -2.33. The van der Waals surface area contributed by atoms with Crippen LogP contribution in [0.1, 0.15) is 26.2 Å². The Balaban J connectivity index is 1.68. The van der Waals surface area contributed by atoms with Gasteiger partial charge in [-0.25, -0.2) is 0 Å². The number of amides is 1. The van der Waals surface area contributed by atoms with Crippen molar-refractivity contribution in [3.05, 3.63) is 65.0 Å². The quantitative estimate of drug-likeness (QED) is 0.352. The average molecular weight is 461 g/mol. The van der Waals surface area contributed by atoms with Crippen LogP contribution < -0.4 is 10.5 Å². The third-order valence-electron chi connectivity index (χ3n) is 5.35. The maximum Gasteiger partial charge on any atom is 0.262 e. The van der Waals surface area contributed by atoms with Crippen LogP contribution in [0.2, 0.25) is 0 Å². The summed E-state index contributed by atoms with van der Waals surface area (Å²) in [6, 6.07) is 18.8. The van der Waals surface area contributed by atoms with E-state index in [4.69, 9.17) is 5.26 Å². The van der Waals surface area contributed by atoms with Gasteiger partial charge in [0, 0.05) is 18.8 Å². The Morgan fingerprint density at radius 3 is 2.64 bits per heavy atom. The van der Waals surface area contributed by atoms with Gasteiger partial charge in [0.05, 0.1) is 29.1 Å². The number of nitrogens with zero attached hydrogens (tertiary/aromatic N) is 6. The molecule has 2 aromatic heterocycles. The monoisotopic (exact) mass is 460 g/mol.